The lowest BCUT2D eigenvalue weighted by molar-refractivity contribution is 0.130. The van der Waals surface area contributed by atoms with Gasteiger partial charge in [0.2, 0.25) is 0 Å². The molecule has 0 radical (unpaired) electrons. The topological polar surface area (TPSA) is 42.4 Å². The van der Waals surface area contributed by atoms with E-state index in [2.05, 4.69) is 24.8 Å². The van der Waals surface area contributed by atoms with Crippen LogP contribution in [-0.4, -0.2) is 24.5 Å². The average Bonchev–Trinajstić information content (AvgIpc) is 2.92. The maximum atomic E-state index is 5.91. The van der Waals surface area contributed by atoms with E-state index in [1.165, 1.54) is 38.6 Å². The van der Waals surface area contributed by atoms with Crippen LogP contribution in [0.15, 0.2) is 22.8 Å². The van der Waals surface area contributed by atoms with Crippen molar-refractivity contribution in [3.63, 3.8) is 0 Å². The fourth-order valence-electron chi connectivity index (χ4n) is 3.21. The number of nitrogens with zero attached hydrogens (tertiary/aromatic N) is 1. The lowest BCUT2D eigenvalue weighted by Crippen LogP contribution is -2.40. The minimum atomic E-state index is 0.168. The van der Waals surface area contributed by atoms with E-state index in [4.69, 9.17) is 10.2 Å². The zero-order chi connectivity index (χ0) is 14.4. The van der Waals surface area contributed by atoms with Crippen LogP contribution in [0.4, 0.5) is 0 Å². The molecule has 3 heteroatoms. The Bertz CT molecular complexity index is 366. The molecule has 114 valence electrons. The van der Waals surface area contributed by atoms with Gasteiger partial charge in [0.15, 0.2) is 0 Å². The number of rotatable bonds is 7. The Labute approximate surface area is 123 Å². The van der Waals surface area contributed by atoms with Crippen LogP contribution in [-0.2, 0) is 6.54 Å². The van der Waals surface area contributed by atoms with Crippen molar-refractivity contribution in [1.82, 2.24) is 4.90 Å². The summed E-state index contributed by atoms with van der Waals surface area (Å²) < 4.78 is 5.53. The average molecular weight is 278 g/mol. The quantitative estimate of drug-likeness (QED) is 0.828. The zero-order valence-corrected chi connectivity index (χ0v) is 13.1. The Morgan fingerprint density at radius 3 is 2.65 bits per heavy atom. The van der Waals surface area contributed by atoms with Crippen molar-refractivity contribution in [2.24, 2.45) is 17.1 Å². The molecule has 0 spiro atoms. The lowest BCUT2D eigenvalue weighted by atomic mass is 9.87. The van der Waals surface area contributed by atoms with Gasteiger partial charge in [-0.2, -0.15) is 0 Å². The van der Waals surface area contributed by atoms with Crippen LogP contribution < -0.4 is 5.73 Å². The molecular formula is C17H30N2O. The molecule has 3 nitrogen and oxygen atoms in total. The molecule has 20 heavy (non-hydrogen) atoms. The van der Waals surface area contributed by atoms with Gasteiger partial charge in [0.25, 0.3) is 0 Å². The largest absolute Gasteiger partial charge is 0.468 e. The normalized spacial score (nSPS) is 17.8. The molecule has 0 aliphatic heterocycles. The maximum Gasteiger partial charge on any atom is 0.117 e. The van der Waals surface area contributed by atoms with E-state index in [-0.39, 0.29) is 5.41 Å². The monoisotopic (exact) mass is 278 g/mol. The minimum absolute atomic E-state index is 0.168. The number of nitrogens with two attached hydrogens (primary N) is 1. The maximum absolute atomic E-state index is 5.91. The first kappa shape index (κ1) is 15.6. The van der Waals surface area contributed by atoms with Crippen molar-refractivity contribution in [1.29, 1.82) is 0 Å². The van der Waals surface area contributed by atoms with Crippen molar-refractivity contribution in [3.8, 4) is 0 Å². The number of furan rings is 1. The molecule has 2 rings (SSSR count). The molecule has 0 bridgehead atoms. The lowest BCUT2D eigenvalue weighted by Gasteiger charge is -2.34. The van der Waals surface area contributed by atoms with E-state index < -0.39 is 0 Å². The summed E-state index contributed by atoms with van der Waals surface area (Å²) in [4.78, 5) is 2.54. The summed E-state index contributed by atoms with van der Waals surface area (Å²) in [7, 11) is 0. The van der Waals surface area contributed by atoms with Crippen molar-refractivity contribution >= 4 is 0 Å². The molecule has 1 aliphatic carbocycles. The Hall–Kier alpha value is -0.800. The van der Waals surface area contributed by atoms with Crippen LogP contribution in [0.3, 0.4) is 0 Å². The van der Waals surface area contributed by atoms with Gasteiger partial charge in [-0.1, -0.05) is 33.1 Å². The molecule has 1 aliphatic rings. The molecule has 0 amide bonds. The minimum Gasteiger partial charge on any atom is -0.468 e. The highest BCUT2D eigenvalue weighted by atomic mass is 16.3. The highest BCUT2D eigenvalue weighted by molar-refractivity contribution is 4.98. The molecule has 0 saturated heterocycles. The van der Waals surface area contributed by atoms with Crippen LogP contribution in [0.1, 0.15) is 51.7 Å². The van der Waals surface area contributed by atoms with Gasteiger partial charge >= 0.3 is 0 Å². The molecular weight excluding hydrogens is 248 g/mol. The number of hydrogen-bond donors (Lipinski definition) is 1. The fourth-order valence-corrected chi connectivity index (χ4v) is 3.21. The first-order valence-electron chi connectivity index (χ1n) is 8.04. The van der Waals surface area contributed by atoms with Crippen LogP contribution in [0.25, 0.3) is 0 Å². The van der Waals surface area contributed by atoms with Gasteiger partial charge in [-0.05, 0) is 42.9 Å². The third-order valence-electron chi connectivity index (χ3n) is 4.40. The highest BCUT2D eigenvalue weighted by Gasteiger charge is 2.24. The van der Waals surface area contributed by atoms with E-state index in [0.29, 0.717) is 0 Å². The summed E-state index contributed by atoms with van der Waals surface area (Å²) in [6, 6.07) is 4.05. The van der Waals surface area contributed by atoms with Crippen molar-refractivity contribution in [2.75, 3.05) is 19.6 Å². The zero-order valence-electron chi connectivity index (χ0n) is 13.1. The molecule has 1 fully saturated rings. The molecule has 1 aromatic heterocycles. The molecule has 1 saturated carbocycles. The highest BCUT2D eigenvalue weighted by Crippen LogP contribution is 2.26. The third-order valence-corrected chi connectivity index (χ3v) is 4.40. The second-order valence-corrected chi connectivity index (χ2v) is 7.12. The van der Waals surface area contributed by atoms with Gasteiger partial charge in [-0.3, -0.25) is 4.90 Å². The first-order chi connectivity index (χ1) is 9.59. The van der Waals surface area contributed by atoms with E-state index in [9.17, 15) is 0 Å². The molecule has 1 heterocycles. The third kappa shape index (κ3) is 4.95. The van der Waals surface area contributed by atoms with Crippen LogP contribution >= 0.6 is 0 Å². The van der Waals surface area contributed by atoms with Crippen LogP contribution in [0.5, 0.6) is 0 Å². The Balaban J connectivity index is 1.95. The van der Waals surface area contributed by atoms with Crippen molar-refractivity contribution in [2.45, 2.75) is 52.5 Å². The SMILES string of the molecule is CC(C)(CN)CN(Cc1ccco1)CC1CCCCC1. The summed E-state index contributed by atoms with van der Waals surface area (Å²) in [6.07, 6.45) is 8.76. The second-order valence-electron chi connectivity index (χ2n) is 7.12. The first-order valence-corrected chi connectivity index (χ1v) is 8.04. The van der Waals surface area contributed by atoms with E-state index >= 15 is 0 Å². The molecule has 1 aromatic rings. The molecule has 0 atom stereocenters. The summed E-state index contributed by atoms with van der Waals surface area (Å²) >= 11 is 0. The Morgan fingerprint density at radius 2 is 2.05 bits per heavy atom. The smallest absolute Gasteiger partial charge is 0.117 e. The molecule has 0 unspecified atom stereocenters. The molecule has 0 aromatic carbocycles. The van der Waals surface area contributed by atoms with E-state index in [1.807, 2.05) is 6.07 Å². The van der Waals surface area contributed by atoms with Gasteiger partial charge in [0, 0.05) is 13.1 Å². The summed E-state index contributed by atoms with van der Waals surface area (Å²) in [5, 5.41) is 0. The Kier molecular flexibility index (Phi) is 5.67. The van der Waals surface area contributed by atoms with Crippen molar-refractivity contribution in [3.05, 3.63) is 24.2 Å². The fraction of sp³-hybridized carbons (Fsp3) is 0.765. The standard InChI is InChI=1S/C17H30N2O/c1-17(2,13-18)14-19(12-16-9-6-10-20-16)11-15-7-4-3-5-8-15/h6,9-10,15H,3-5,7-8,11-14,18H2,1-2H3. The van der Waals surface area contributed by atoms with E-state index in [1.54, 1.807) is 6.26 Å². The summed E-state index contributed by atoms with van der Waals surface area (Å²) in [6.45, 7) is 8.37. The Morgan fingerprint density at radius 1 is 1.30 bits per heavy atom. The predicted molar refractivity (Wildman–Crippen MR) is 83.4 cm³/mol. The second kappa shape index (κ2) is 7.28. The summed E-state index contributed by atoms with van der Waals surface area (Å²) in [5.74, 6) is 1.92. The van der Waals surface area contributed by atoms with Gasteiger partial charge in [0.1, 0.15) is 5.76 Å². The van der Waals surface area contributed by atoms with Gasteiger partial charge in [-0.15, -0.1) is 0 Å². The van der Waals surface area contributed by atoms with E-state index in [0.717, 1.165) is 31.3 Å². The predicted octanol–water partition coefficient (Wildman–Crippen LogP) is 3.65. The van der Waals surface area contributed by atoms with Gasteiger partial charge in [0.05, 0.1) is 12.8 Å². The van der Waals surface area contributed by atoms with Crippen LogP contribution in [0, 0.1) is 11.3 Å². The van der Waals surface area contributed by atoms with Crippen LogP contribution in [0.2, 0.25) is 0 Å². The summed E-state index contributed by atoms with van der Waals surface area (Å²) in [5.41, 5.74) is 6.08. The van der Waals surface area contributed by atoms with Gasteiger partial charge in [-0.25, -0.2) is 0 Å². The van der Waals surface area contributed by atoms with Crippen molar-refractivity contribution < 1.29 is 4.42 Å². The molecule has 2 N–H and O–H groups in total. The van der Waals surface area contributed by atoms with Gasteiger partial charge < -0.3 is 10.2 Å². The number of hydrogen-bond acceptors (Lipinski definition) is 3.